The van der Waals surface area contributed by atoms with Gasteiger partial charge in [0.15, 0.2) is 6.61 Å². The van der Waals surface area contributed by atoms with Gasteiger partial charge >= 0.3 is 5.97 Å². The number of ether oxygens (including phenoxy) is 1. The van der Waals surface area contributed by atoms with Crippen molar-refractivity contribution in [3.63, 3.8) is 0 Å². The minimum Gasteiger partial charge on any atom is -0.453 e. The summed E-state index contributed by atoms with van der Waals surface area (Å²) in [5, 5.41) is 0. The van der Waals surface area contributed by atoms with Gasteiger partial charge in [0.2, 0.25) is 15.8 Å². The molecule has 1 fully saturated rings. The monoisotopic (exact) mass is 435 g/mol. The van der Waals surface area contributed by atoms with Crippen molar-refractivity contribution < 1.29 is 22.7 Å². The van der Waals surface area contributed by atoms with Gasteiger partial charge in [0.1, 0.15) is 10.6 Å². The normalized spacial score (nSPS) is 14.9. The van der Waals surface area contributed by atoms with Crippen LogP contribution in [0.4, 0.5) is 0 Å². The zero-order valence-electron chi connectivity index (χ0n) is 18.0. The molecule has 164 valence electrons. The second-order valence-electron chi connectivity index (χ2n) is 7.72. The molecule has 1 aliphatic rings. The molecule has 0 radical (unpaired) electrons. The molecule has 0 amide bonds. The molecule has 3 heterocycles. The van der Waals surface area contributed by atoms with Crippen molar-refractivity contribution >= 4 is 21.8 Å². The molecule has 0 aromatic carbocycles. The van der Waals surface area contributed by atoms with Gasteiger partial charge in [-0.25, -0.2) is 13.2 Å². The van der Waals surface area contributed by atoms with Crippen LogP contribution in [-0.2, 0) is 28.4 Å². The first-order valence-electron chi connectivity index (χ1n) is 10.2. The summed E-state index contributed by atoms with van der Waals surface area (Å²) >= 11 is 0. The van der Waals surface area contributed by atoms with Crippen LogP contribution in [0.3, 0.4) is 0 Å². The van der Waals surface area contributed by atoms with E-state index >= 15 is 0 Å². The number of sulfonamides is 1. The third kappa shape index (κ3) is 4.22. The van der Waals surface area contributed by atoms with Crippen molar-refractivity contribution in [2.24, 2.45) is 7.05 Å². The minimum absolute atomic E-state index is 0.0632. The van der Waals surface area contributed by atoms with Crippen LogP contribution in [0.15, 0.2) is 23.2 Å². The largest absolute Gasteiger partial charge is 0.453 e. The molecule has 30 heavy (non-hydrogen) atoms. The first-order valence-corrected chi connectivity index (χ1v) is 11.6. The maximum Gasteiger partial charge on any atom is 0.355 e. The lowest BCUT2D eigenvalue weighted by atomic mass is 10.1. The molecule has 0 bridgehead atoms. The molecule has 0 unspecified atom stereocenters. The first kappa shape index (κ1) is 22.3. The number of carbonyl (C=O) groups is 2. The van der Waals surface area contributed by atoms with Gasteiger partial charge in [-0.15, -0.1) is 0 Å². The molecular formula is C21H29N3O5S. The molecular weight excluding hydrogens is 406 g/mol. The zero-order chi connectivity index (χ0) is 22.1. The van der Waals surface area contributed by atoms with Gasteiger partial charge in [-0.1, -0.05) is 6.92 Å². The van der Waals surface area contributed by atoms with E-state index in [0.29, 0.717) is 18.7 Å². The second kappa shape index (κ2) is 8.77. The third-order valence-corrected chi connectivity index (χ3v) is 7.41. The summed E-state index contributed by atoms with van der Waals surface area (Å²) in [6, 6.07) is 3.12. The molecule has 1 aliphatic heterocycles. The van der Waals surface area contributed by atoms with E-state index in [4.69, 9.17) is 4.74 Å². The Balaban J connectivity index is 1.71. The summed E-state index contributed by atoms with van der Waals surface area (Å²) in [7, 11) is -2.04. The molecule has 0 aliphatic carbocycles. The van der Waals surface area contributed by atoms with E-state index in [1.54, 1.807) is 7.05 Å². The van der Waals surface area contributed by atoms with E-state index < -0.39 is 22.6 Å². The highest BCUT2D eigenvalue weighted by Crippen LogP contribution is 2.23. The lowest BCUT2D eigenvalue weighted by Gasteiger charge is -2.13. The van der Waals surface area contributed by atoms with Gasteiger partial charge in [0.05, 0.1) is 0 Å². The van der Waals surface area contributed by atoms with E-state index in [0.717, 1.165) is 37.2 Å². The summed E-state index contributed by atoms with van der Waals surface area (Å²) in [5.74, 6) is -1.01. The highest BCUT2D eigenvalue weighted by Gasteiger charge is 2.30. The van der Waals surface area contributed by atoms with Gasteiger partial charge in [-0.05, 0) is 45.2 Å². The smallest absolute Gasteiger partial charge is 0.355 e. The van der Waals surface area contributed by atoms with Gasteiger partial charge in [0, 0.05) is 49.8 Å². The standard InChI is InChI=1S/C21H29N3O5S/c1-5-8-24-15(2)11-18(16(24)3)20(25)14-29-21(26)19-12-17(13-22(19)4)30(27,28)23-9-6-7-10-23/h11-13H,5-10,14H2,1-4H3. The van der Waals surface area contributed by atoms with Crippen molar-refractivity contribution in [1.29, 1.82) is 0 Å². The number of aryl methyl sites for hydroxylation is 2. The van der Waals surface area contributed by atoms with Gasteiger partial charge in [-0.2, -0.15) is 4.31 Å². The van der Waals surface area contributed by atoms with Gasteiger partial charge < -0.3 is 13.9 Å². The number of rotatable bonds is 8. The SMILES string of the molecule is CCCn1c(C)cc(C(=O)COC(=O)c2cc(S(=O)(=O)N3CCCC3)cn2C)c1C. The Bertz CT molecular complexity index is 1060. The maximum atomic E-state index is 12.7. The first-order chi connectivity index (χ1) is 14.2. The van der Waals surface area contributed by atoms with Crippen molar-refractivity contribution in [3.05, 3.63) is 41.0 Å². The van der Waals surface area contributed by atoms with E-state index in [-0.39, 0.29) is 16.4 Å². The summed E-state index contributed by atoms with van der Waals surface area (Å²) in [5.41, 5.74) is 2.48. The Kier molecular flexibility index (Phi) is 6.52. The summed E-state index contributed by atoms with van der Waals surface area (Å²) in [6.07, 6.45) is 4.03. The molecule has 0 saturated carbocycles. The lowest BCUT2D eigenvalue weighted by Crippen LogP contribution is -2.27. The highest BCUT2D eigenvalue weighted by molar-refractivity contribution is 7.89. The molecule has 8 nitrogen and oxygen atoms in total. The predicted molar refractivity (Wildman–Crippen MR) is 112 cm³/mol. The fourth-order valence-corrected chi connectivity index (χ4v) is 5.48. The van der Waals surface area contributed by atoms with Crippen LogP contribution >= 0.6 is 0 Å². The van der Waals surface area contributed by atoms with Crippen LogP contribution in [0.1, 0.15) is 58.4 Å². The fourth-order valence-electron chi connectivity index (χ4n) is 3.89. The Morgan fingerprint density at radius 1 is 1.13 bits per heavy atom. The molecule has 0 atom stereocenters. The number of aromatic nitrogens is 2. The maximum absolute atomic E-state index is 12.7. The van der Waals surface area contributed by atoms with Crippen LogP contribution in [0.5, 0.6) is 0 Å². The van der Waals surface area contributed by atoms with Crippen molar-refractivity contribution in [1.82, 2.24) is 13.4 Å². The number of Topliss-reactive ketones (excluding diaryl/α,β-unsaturated/α-hetero) is 1. The van der Waals surface area contributed by atoms with Crippen LogP contribution in [0, 0.1) is 13.8 Å². The third-order valence-electron chi connectivity index (χ3n) is 5.55. The topological polar surface area (TPSA) is 90.6 Å². The Morgan fingerprint density at radius 3 is 2.43 bits per heavy atom. The minimum atomic E-state index is -3.63. The van der Waals surface area contributed by atoms with E-state index in [1.165, 1.54) is 21.1 Å². The molecule has 1 saturated heterocycles. The number of carbonyl (C=O) groups excluding carboxylic acids is 2. The van der Waals surface area contributed by atoms with Crippen molar-refractivity contribution in [2.45, 2.75) is 51.5 Å². The summed E-state index contributed by atoms with van der Waals surface area (Å²) in [4.78, 5) is 25.2. The van der Waals surface area contributed by atoms with Crippen LogP contribution in [-0.4, -0.2) is 53.3 Å². The fraction of sp³-hybridized carbons (Fsp3) is 0.524. The Labute approximate surface area is 177 Å². The number of ketones is 1. The van der Waals surface area contributed by atoms with Gasteiger partial charge in [0.25, 0.3) is 0 Å². The molecule has 0 spiro atoms. The molecule has 3 rings (SSSR count). The van der Waals surface area contributed by atoms with Crippen LogP contribution in [0.25, 0.3) is 0 Å². The predicted octanol–water partition coefficient (Wildman–Crippen LogP) is 2.68. The number of esters is 1. The summed E-state index contributed by atoms with van der Waals surface area (Å²) < 4.78 is 35.5. The van der Waals surface area contributed by atoms with E-state index in [2.05, 4.69) is 11.5 Å². The molecule has 2 aromatic rings. The average Bonchev–Trinajstić information content (AvgIpc) is 3.42. The van der Waals surface area contributed by atoms with Crippen LogP contribution < -0.4 is 0 Å². The van der Waals surface area contributed by atoms with E-state index in [9.17, 15) is 18.0 Å². The lowest BCUT2D eigenvalue weighted by molar-refractivity contribution is 0.0465. The summed E-state index contributed by atoms with van der Waals surface area (Å²) in [6.45, 7) is 7.29. The molecule has 9 heteroatoms. The molecule has 2 aromatic heterocycles. The Morgan fingerprint density at radius 2 is 1.80 bits per heavy atom. The molecule has 0 N–H and O–H groups in total. The Hall–Kier alpha value is -2.39. The van der Waals surface area contributed by atoms with Crippen molar-refractivity contribution in [3.8, 4) is 0 Å². The average molecular weight is 436 g/mol. The highest BCUT2D eigenvalue weighted by atomic mass is 32.2. The number of hydrogen-bond donors (Lipinski definition) is 0. The second-order valence-corrected chi connectivity index (χ2v) is 9.66. The quantitative estimate of drug-likeness (QED) is 0.470. The van der Waals surface area contributed by atoms with Crippen LogP contribution in [0.2, 0.25) is 0 Å². The van der Waals surface area contributed by atoms with E-state index in [1.807, 2.05) is 19.9 Å². The van der Waals surface area contributed by atoms with Crippen molar-refractivity contribution in [2.75, 3.05) is 19.7 Å². The zero-order valence-corrected chi connectivity index (χ0v) is 18.8. The van der Waals surface area contributed by atoms with Gasteiger partial charge in [-0.3, -0.25) is 4.79 Å². The number of nitrogens with zero attached hydrogens (tertiary/aromatic N) is 3. The number of hydrogen-bond acceptors (Lipinski definition) is 5.